The highest BCUT2D eigenvalue weighted by Crippen LogP contribution is 2.24. The Labute approximate surface area is 144 Å². The van der Waals surface area contributed by atoms with Crippen molar-refractivity contribution in [2.75, 3.05) is 7.05 Å². The number of phenols is 1. The maximum Gasteiger partial charge on any atom is 0.343 e. The Hall–Kier alpha value is -3.35. The fourth-order valence-electron chi connectivity index (χ4n) is 2.13. The first-order valence-corrected chi connectivity index (χ1v) is 7.50. The lowest BCUT2D eigenvalue weighted by molar-refractivity contribution is -0.129. The molecule has 0 heterocycles. The molecule has 3 amide bonds. The number of amides is 3. The highest BCUT2D eigenvalue weighted by Gasteiger charge is 2.27. The number of aromatic hydroxyl groups is 1. The molecule has 0 fully saturated rings. The monoisotopic (exact) mass is 342 g/mol. The molecule has 0 aliphatic carbocycles. The van der Waals surface area contributed by atoms with E-state index >= 15 is 0 Å². The number of phenolic OH excluding ortho intramolecular Hbond substituents is 1. The number of carbonyl (C=O) groups is 3. The standard InChI is InChI=1S/C18H18N2O5/c1-11-8-9-13(14(21)10-11)17(23)25-15(12-6-4-3-5-7-12)16(22)20-18(24)19-2/h3-10,15,21H,1-2H3,(H2,19,20,22,24). The van der Waals surface area contributed by atoms with Crippen LogP contribution in [0.5, 0.6) is 5.75 Å². The topological polar surface area (TPSA) is 105 Å². The fraction of sp³-hybridized carbons (Fsp3) is 0.167. The van der Waals surface area contributed by atoms with Crippen LogP contribution in [0.3, 0.4) is 0 Å². The predicted octanol–water partition coefficient (Wildman–Crippen LogP) is 2.05. The molecule has 7 heteroatoms. The van der Waals surface area contributed by atoms with Crippen molar-refractivity contribution in [1.82, 2.24) is 10.6 Å². The molecule has 0 saturated heterocycles. The third-order valence-electron chi connectivity index (χ3n) is 3.40. The van der Waals surface area contributed by atoms with E-state index in [2.05, 4.69) is 10.6 Å². The van der Waals surface area contributed by atoms with E-state index in [9.17, 15) is 19.5 Å². The molecule has 0 bridgehead atoms. The van der Waals surface area contributed by atoms with E-state index < -0.39 is 24.0 Å². The number of carbonyl (C=O) groups excluding carboxylic acids is 3. The van der Waals surface area contributed by atoms with Crippen molar-refractivity contribution in [1.29, 1.82) is 0 Å². The van der Waals surface area contributed by atoms with Gasteiger partial charge in [-0.15, -0.1) is 0 Å². The first-order valence-electron chi connectivity index (χ1n) is 7.50. The summed E-state index contributed by atoms with van der Waals surface area (Å²) < 4.78 is 5.26. The summed E-state index contributed by atoms with van der Waals surface area (Å²) in [6.45, 7) is 1.76. The van der Waals surface area contributed by atoms with Gasteiger partial charge in [0.2, 0.25) is 6.10 Å². The van der Waals surface area contributed by atoms with Gasteiger partial charge >= 0.3 is 12.0 Å². The quantitative estimate of drug-likeness (QED) is 0.738. The van der Waals surface area contributed by atoms with Crippen LogP contribution >= 0.6 is 0 Å². The third kappa shape index (κ3) is 4.57. The Morgan fingerprint density at radius 2 is 1.76 bits per heavy atom. The van der Waals surface area contributed by atoms with E-state index in [0.29, 0.717) is 5.56 Å². The van der Waals surface area contributed by atoms with Gasteiger partial charge in [0, 0.05) is 12.6 Å². The molecule has 2 aromatic carbocycles. The Morgan fingerprint density at radius 3 is 2.36 bits per heavy atom. The highest BCUT2D eigenvalue weighted by molar-refractivity contribution is 5.99. The van der Waals surface area contributed by atoms with Gasteiger partial charge in [0.15, 0.2) is 0 Å². The van der Waals surface area contributed by atoms with Crippen molar-refractivity contribution < 1.29 is 24.2 Å². The molecule has 1 unspecified atom stereocenters. The van der Waals surface area contributed by atoms with Gasteiger partial charge in [0.1, 0.15) is 11.3 Å². The van der Waals surface area contributed by atoms with Gasteiger partial charge in [-0.1, -0.05) is 36.4 Å². The van der Waals surface area contributed by atoms with Gasteiger partial charge in [0.25, 0.3) is 5.91 Å². The number of imide groups is 1. The van der Waals surface area contributed by atoms with Crippen LogP contribution in [0.25, 0.3) is 0 Å². The minimum atomic E-state index is -1.34. The van der Waals surface area contributed by atoms with Crippen LogP contribution in [0.4, 0.5) is 4.79 Å². The minimum absolute atomic E-state index is 0.0701. The van der Waals surface area contributed by atoms with Crippen molar-refractivity contribution in [2.45, 2.75) is 13.0 Å². The molecule has 3 N–H and O–H groups in total. The molecular weight excluding hydrogens is 324 g/mol. The number of hydrogen-bond acceptors (Lipinski definition) is 5. The lowest BCUT2D eigenvalue weighted by Gasteiger charge is -2.18. The molecule has 0 spiro atoms. The van der Waals surface area contributed by atoms with E-state index in [1.807, 2.05) is 0 Å². The number of hydrogen-bond donors (Lipinski definition) is 3. The molecule has 0 saturated carbocycles. The zero-order valence-corrected chi connectivity index (χ0v) is 13.8. The summed E-state index contributed by atoms with van der Waals surface area (Å²) in [6.07, 6.45) is -1.34. The van der Waals surface area contributed by atoms with Crippen molar-refractivity contribution in [3.63, 3.8) is 0 Å². The zero-order chi connectivity index (χ0) is 18.4. The van der Waals surface area contributed by atoms with Crippen LogP contribution in [0.1, 0.15) is 27.6 Å². The molecular formula is C18H18N2O5. The highest BCUT2D eigenvalue weighted by atomic mass is 16.5. The van der Waals surface area contributed by atoms with E-state index in [-0.39, 0.29) is 11.3 Å². The van der Waals surface area contributed by atoms with Crippen LogP contribution < -0.4 is 10.6 Å². The average molecular weight is 342 g/mol. The summed E-state index contributed by atoms with van der Waals surface area (Å²) in [6, 6.07) is 12.0. The number of nitrogens with one attached hydrogen (secondary N) is 2. The molecule has 1 atom stereocenters. The average Bonchev–Trinajstić information content (AvgIpc) is 2.59. The van der Waals surface area contributed by atoms with E-state index in [1.165, 1.54) is 19.2 Å². The predicted molar refractivity (Wildman–Crippen MR) is 90.0 cm³/mol. The zero-order valence-electron chi connectivity index (χ0n) is 13.8. The van der Waals surface area contributed by atoms with Crippen LogP contribution in [-0.2, 0) is 9.53 Å². The van der Waals surface area contributed by atoms with Crippen LogP contribution in [0.2, 0.25) is 0 Å². The van der Waals surface area contributed by atoms with Crippen LogP contribution in [-0.4, -0.2) is 30.1 Å². The number of rotatable bonds is 4. The largest absolute Gasteiger partial charge is 0.507 e. The molecule has 0 radical (unpaired) electrons. The Balaban J connectivity index is 2.28. The van der Waals surface area contributed by atoms with Gasteiger partial charge in [-0.05, 0) is 24.6 Å². The van der Waals surface area contributed by atoms with E-state index in [4.69, 9.17) is 4.74 Å². The number of esters is 1. The number of urea groups is 1. The summed E-state index contributed by atoms with van der Waals surface area (Å²) in [5, 5.41) is 14.2. The van der Waals surface area contributed by atoms with Gasteiger partial charge in [-0.2, -0.15) is 0 Å². The van der Waals surface area contributed by atoms with Crippen molar-refractivity contribution in [3.8, 4) is 5.75 Å². The maximum atomic E-state index is 12.4. The van der Waals surface area contributed by atoms with Gasteiger partial charge < -0.3 is 15.2 Å². The van der Waals surface area contributed by atoms with Gasteiger partial charge in [0.05, 0.1) is 0 Å². The van der Waals surface area contributed by atoms with Crippen molar-refractivity contribution in [3.05, 3.63) is 65.2 Å². The van der Waals surface area contributed by atoms with E-state index in [0.717, 1.165) is 5.56 Å². The molecule has 0 aliphatic heterocycles. The van der Waals surface area contributed by atoms with Crippen molar-refractivity contribution >= 4 is 17.9 Å². The van der Waals surface area contributed by atoms with E-state index in [1.54, 1.807) is 43.3 Å². The second-order valence-corrected chi connectivity index (χ2v) is 5.29. The molecule has 130 valence electrons. The molecule has 0 aliphatic rings. The molecule has 7 nitrogen and oxygen atoms in total. The molecule has 2 aromatic rings. The first-order chi connectivity index (χ1) is 11.9. The lowest BCUT2D eigenvalue weighted by atomic mass is 10.1. The number of ether oxygens (including phenoxy) is 1. The van der Waals surface area contributed by atoms with Crippen molar-refractivity contribution in [2.24, 2.45) is 0 Å². The Morgan fingerprint density at radius 1 is 1.08 bits per heavy atom. The SMILES string of the molecule is CNC(=O)NC(=O)C(OC(=O)c1ccc(C)cc1O)c1ccccc1. The minimum Gasteiger partial charge on any atom is -0.507 e. The molecule has 25 heavy (non-hydrogen) atoms. The van der Waals surface area contributed by atoms with Gasteiger partial charge in [-0.25, -0.2) is 9.59 Å². The summed E-state index contributed by atoms with van der Waals surface area (Å²) in [4.78, 5) is 36.0. The number of benzene rings is 2. The Bertz CT molecular complexity index is 789. The second kappa shape index (κ2) is 7.96. The molecule has 2 rings (SSSR count). The van der Waals surface area contributed by atoms with Gasteiger partial charge in [-0.3, -0.25) is 10.1 Å². The number of aryl methyl sites for hydroxylation is 1. The first kappa shape index (κ1) is 18.0. The smallest absolute Gasteiger partial charge is 0.343 e. The summed E-state index contributed by atoms with van der Waals surface area (Å²) in [7, 11) is 1.36. The van der Waals surface area contributed by atoms with Crippen LogP contribution in [0, 0.1) is 6.92 Å². The normalized spacial score (nSPS) is 11.3. The third-order valence-corrected chi connectivity index (χ3v) is 3.40. The summed E-state index contributed by atoms with van der Waals surface area (Å²) >= 11 is 0. The Kier molecular flexibility index (Phi) is 5.73. The molecule has 0 aromatic heterocycles. The summed E-state index contributed by atoms with van der Waals surface area (Å²) in [5.74, 6) is -1.92. The second-order valence-electron chi connectivity index (χ2n) is 5.29. The lowest BCUT2D eigenvalue weighted by Crippen LogP contribution is -2.41. The maximum absolute atomic E-state index is 12.4. The summed E-state index contributed by atoms with van der Waals surface area (Å²) in [5.41, 5.74) is 1.09. The van der Waals surface area contributed by atoms with Crippen LogP contribution in [0.15, 0.2) is 48.5 Å². The fourth-order valence-corrected chi connectivity index (χ4v) is 2.13.